The van der Waals surface area contributed by atoms with Crippen LogP contribution >= 0.6 is 0 Å². The third-order valence-electron chi connectivity index (χ3n) is 2.36. The number of nitrogens with one attached hydrogen (secondary N) is 2. The van der Waals surface area contributed by atoms with Crippen LogP contribution in [0.3, 0.4) is 0 Å². The van der Waals surface area contributed by atoms with Gasteiger partial charge >= 0.3 is 12.3 Å². The summed E-state index contributed by atoms with van der Waals surface area (Å²) in [5.41, 5.74) is 0.657. The molecule has 0 amide bonds. The van der Waals surface area contributed by atoms with Crippen molar-refractivity contribution < 1.29 is 26.0 Å². The lowest BCUT2D eigenvalue weighted by atomic mass is 10.3. The van der Waals surface area contributed by atoms with E-state index in [1.807, 2.05) is 6.92 Å². The van der Waals surface area contributed by atoms with Gasteiger partial charge in [0.15, 0.2) is 0 Å². The molecule has 0 unspecified atom stereocenters. The zero-order valence-corrected chi connectivity index (χ0v) is 11.4. The van der Waals surface area contributed by atoms with E-state index in [1.54, 1.807) is 0 Å². The molecule has 1 aromatic carbocycles. The van der Waals surface area contributed by atoms with E-state index in [0.717, 1.165) is 0 Å². The second kappa shape index (κ2) is 6.40. The van der Waals surface area contributed by atoms with Gasteiger partial charge in [0, 0.05) is 12.2 Å². The molecule has 0 aliphatic carbocycles. The van der Waals surface area contributed by atoms with Crippen molar-refractivity contribution in [3.63, 3.8) is 0 Å². The molecule has 0 spiro atoms. The maximum atomic E-state index is 12.7. The van der Waals surface area contributed by atoms with Crippen molar-refractivity contribution in [1.29, 1.82) is 0 Å². The first-order chi connectivity index (χ1) is 9.19. The molecule has 0 atom stereocenters. The Morgan fingerprint density at radius 2 is 1.75 bits per heavy atom. The molecule has 114 valence electrons. The molecule has 1 aromatic rings. The highest BCUT2D eigenvalue weighted by Gasteiger charge is 2.41. The minimum Gasteiger partial charge on any atom is -0.385 e. The van der Waals surface area contributed by atoms with Crippen LogP contribution in [0.5, 0.6) is 0 Å². The summed E-state index contributed by atoms with van der Waals surface area (Å²) in [6.45, 7) is 0.825. The summed E-state index contributed by atoms with van der Waals surface area (Å²) in [6, 6.07) is 5.29. The van der Waals surface area contributed by atoms with E-state index >= 15 is 0 Å². The molecule has 0 fully saturated rings. The van der Waals surface area contributed by atoms with Crippen molar-refractivity contribution in [2.45, 2.75) is 24.2 Å². The minimum absolute atomic E-state index is 0.274. The molecular weight excluding hydrogens is 300 g/mol. The fraction of sp³-hybridized carbons (Fsp3) is 0.455. The molecule has 20 heavy (non-hydrogen) atoms. The second-order valence-electron chi connectivity index (χ2n) is 3.94. The maximum Gasteiger partial charge on any atom is 0.320 e. The highest BCUT2D eigenvalue weighted by molar-refractivity contribution is 7.89. The summed E-state index contributed by atoms with van der Waals surface area (Å²) < 4.78 is 74.0. The highest BCUT2D eigenvalue weighted by atomic mass is 32.2. The molecule has 0 aliphatic heterocycles. The lowest BCUT2D eigenvalue weighted by Gasteiger charge is -2.16. The van der Waals surface area contributed by atoms with Gasteiger partial charge in [-0.15, -0.1) is 0 Å². The van der Waals surface area contributed by atoms with Crippen molar-refractivity contribution in [2.24, 2.45) is 0 Å². The van der Waals surface area contributed by atoms with E-state index in [9.17, 15) is 26.0 Å². The number of hydrogen-bond donors (Lipinski definition) is 2. The second-order valence-corrected chi connectivity index (χ2v) is 5.71. The van der Waals surface area contributed by atoms with Crippen LogP contribution in [0.2, 0.25) is 0 Å². The van der Waals surface area contributed by atoms with Crippen molar-refractivity contribution >= 4 is 15.7 Å². The zero-order valence-electron chi connectivity index (χ0n) is 10.5. The highest BCUT2D eigenvalue weighted by Crippen LogP contribution is 2.22. The Morgan fingerprint density at radius 1 is 1.20 bits per heavy atom. The average molecular weight is 314 g/mol. The van der Waals surface area contributed by atoms with E-state index in [0.29, 0.717) is 12.2 Å². The van der Waals surface area contributed by atoms with Crippen LogP contribution in [0.1, 0.15) is 6.92 Å². The van der Waals surface area contributed by atoms with Gasteiger partial charge in [-0.2, -0.15) is 8.78 Å². The van der Waals surface area contributed by atoms with Crippen molar-refractivity contribution in [3.05, 3.63) is 24.3 Å². The standard InChI is InChI=1S/C11H14F4N2O2S/c1-2-16-8-3-5-9(6-4-8)20(18,19)17-7-11(14,15)10(12)13/h3-6,10,16-17H,2,7H2,1H3. The van der Waals surface area contributed by atoms with Gasteiger partial charge in [0.05, 0.1) is 11.4 Å². The van der Waals surface area contributed by atoms with Crippen LogP contribution < -0.4 is 10.0 Å². The number of halogens is 4. The summed E-state index contributed by atoms with van der Waals surface area (Å²) in [4.78, 5) is -0.274. The molecule has 0 aromatic heterocycles. The summed E-state index contributed by atoms with van der Waals surface area (Å²) in [5, 5.41) is 2.92. The molecule has 0 heterocycles. The fourth-order valence-electron chi connectivity index (χ4n) is 1.31. The SMILES string of the molecule is CCNc1ccc(S(=O)(=O)NCC(F)(F)C(F)F)cc1. The summed E-state index contributed by atoms with van der Waals surface area (Å²) in [5.74, 6) is -4.41. The van der Waals surface area contributed by atoms with Gasteiger partial charge in [-0.1, -0.05) is 0 Å². The Labute approximate surface area is 114 Å². The number of sulfonamides is 1. The topological polar surface area (TPSA) is 58.2 Å². The lowest BCUT2D eigenvalue weighted by molar-refractivity contribution is -0.122. The molecule has 2 N–H and O–H groups in total. The van der Waals surface area contributed by atoms with Gasteiger partial charge < -0.3 is 5.32 Å². The molecule has 0 aliphatic rings. The van der Waals surface area contributed by atoms with E-state index in [1.165, 1.54) is 29.0 Å². The van der Waals surface area contributed by atoms with Gasteiger partial charge in [-0.05, 0) is 31.2 Å². The largest absolute Gasteiger partial charge is 0.385 e. The van der Waals surface area contributed by atoms with Crippen LogP contribution in [0, 0.1) is 0 Å². The first-order valence-electron chi connectivity index (χ1n) is 5.68. The Hall–Kier alpha value is -1.35. The molecule has 0 bridgehead atoms. The maximum absolute atomic E-state index is 12.7. The Kier molecular flexibility index (Phi) is 5.35. The number of hydrogen-bond acceptors (Lipinski definition) is 3. The van der Waals surface area contributed by atoms with Gasteiger partial charge in [0.25, 0.3) is 0 Å². The molecule has 0 saturated heterocycles. The van der Waals surface area contributed by atoms with Gasteiger partial charge in [0.2, 0.25) is 10.0 Å². The van der Waals surface area contributed by atoms with E-state index in [-0.39, 0.29) is 4.90 Å². The normalized spacial score (nSPS) is 12.7. The van der Waals surface area contributed by atoms with Gasteiger partial charge in [-0.25, -0.2) is 21.9 Å². The van der Waals surface area contributed by atoms with Crippen molar-refractivity contribution in [2.75, 3.05) is 18.4 Å². The first kappa shape index (κ1) is 16.7. The molecule has 4 nitrogen and oxygen atoms in total. The number of benzene rings is 1. The molecule has 0 radical (unpaired) electrons. The molecular formula is C11H14F4N2O2S. The van der Waals surface area contributed by atoms with Crippen LogP contribution in [-0.4, -0.2) is 33.9 Å². The van der Waals surface area contributed by atoms with Crippen molar-refractivity contribution in [1.82, 2.24) is 4.72 Å². The summed E-state index contributed by atoms with van der Waals surface area (Å²) in [6.07, 6.45) is -3.93. The van der Waals surface area contributed by atoms with Gasteiger partial charge in [-0.3, -0.25) is 0 Å². The smallest absolute Gasteiger partial charge is 0.320 e. The van der Waals surface area contributed by atoms with Crippen LogP contribution in [-0.2, 0) is 10.0 Å². The average Bonchev–Trinajstić information content (AvgIpc) is 2.38. The first-order valence-corrected chi connectivity index (χ1v) is 7.17. The third-order valence-corrected chi connectivity index (χ3v) is 3.78. The third kappa shape index (κ3) is 4.34. The predicted molar refractivity (Wildman–Crippen MR) is 66.7 cm³/mol. The summed E-state index contributed by atoms with van der Waals surface area (Å²) >= 11 is 0. The van der Waals surface area contributed by atoms with Crippen LogP contribution in [0.25, 0.3) is 0 Å². The quantitative estimate of drug-likeness (QED) is 0.759. The van der Waals surface area contributed by atoms with Gasteiger partial charge in [0.1, 0.15) is 0 Å². The number of alkyl halides is 4. The summed E-state index contributed by atoms with van der Waals surface area (Å²) in [7, 11) is -4.25. The van der Waals surface area contributed by atoms with E-state index in [4.69, 9.17) is 0 Å². The van der Waals surface area contributed by atoms with Crippen LogP contribution in [0.4, 0.5) is 23.2 Å². The van der Waals surface area contributed by atoms with E-state index < -0.39 is 28.9 Å². The molecule has 9 heteroatoms. The lowest BCUT2D eigenvalue weighted by Crippen LogP contribution is -2.41. The number of anilines is 1. The molecule has 1 rings (SSSR count). The Bertz CT molecular complexity index is 532. The van der Waals surface area contributed by atoms with E-state index in [2.05, 4.69) is 5.32 Å². The fourth-order valence-corrected chi connectivity index (χ4v) is 2.35. The zero-order chi connectivity index (χ0) is 15.4. The molecule has 0 saturated carbocycles. The minimum atomic E-state index is -4.41. The monoisotopic (exact) mass is 314 g/mol. The Balaban J connectivity index is 2.79. The number of rotatable bonds is 7. The predicted octanol–water partition coefficient (Wildman–Crippen LogP) is 2.30. The van der Waals surface area contributed by atoms with Crippen molar-refractivity contribution in [3.8, 4) is 0 Å². The Morgan fingerprint density at radius 3 is 2.20 bits per heavy atom. The van der Waals surface area contributed by atoms with Crippen LogP contribution in [0.15, 0.2) is 29.2 Å².